The monoisotopic (exact) mass is 460 g/mol. The highest BCUT2D eigenvalue weighted by atomic mass is 79.9. The second-order valence-corrected chi connectivity index (χ2v) is 7.94. The van der Waals surface area contributed by atoms with Crippen molar-refractivity contribution in [2.45, 2.75) is 46.7 Å². The molecule has 0 spiro atoms. The molecule has 5 nitrogen and oxygen atoms in total. The van der Waals surface area contributed by atoms with E-state index in [1.165, 1.54) is 0 Å². The molecule has 2 aromatic rings. The highest BCUT2D eigenvalue weighted by Crippen LogP contribution is 2.26. The van der Waals surface area contributed by atoms with Crippen LogP contribution < -0.4 is 10.1 Å². The number of halogens is 1. The number of aryl methyl sites for hydroxylation is 3. The summed E-state index contributed by atoms with van der Waals surface area (Å²) in [5, 5.41) is 2.67. The van der Waals surface area contributed by atoms with Gasteiger partial charge in [-0.15, -0.1) is 0 Å². The van der Waals surface area contributed by atoms with E-state index in [2.05, 4.69) is 21.2 Å². The van der Waals surface area contributed by atoms with Gasteiger partial charge in [0.1, 0.15) is 11.8 Å². The van der Waals surface area contributed by atoms with Crippen molar-refractivity contribution in [3.05, 3.63) is 63.1 Å². The molecule has 0 saturated carbocycles. The zero-order chi connectivity index (χ0) is 21.6. The summed E-state index contributed by atoms with van der Waals surface area (Å²) in [5.41, 5.74) is 4.18. The summed E-state index contributed by atoms with van der Waals surface area (Å²) in [6.45, 7) is 8.10. The first-order valence-corrected chi connectivity index (χ1v) is 10.5. The first-order valence-electron chi connectivity index (χ1n) is 9.73. The van der Waals surface area contributed by atoms with Crippen LogP contribution in [-0.2, 0) is 16.1 Å². The van der Waals surface area contributed by atoms with Gasteiger partial charge in [-0.25, -0.2) is 0 Å². The Morgan fingerprint density at radius 1 is 1.10 bits per heavy atom. The number of nitrogens with zero attached hydrogens (tertiary/aromatic N) is 1. The fourth-order valence-electron chi connectivity index (χ4n) is 3.27. The third-order valence-electron chi connectivity index (χ3n) is 5.01. The van der Waals surface area contributed by atoms with Gasteiger partial charge in [-0.05, 0) is 61.6 Å². The maximum atomic E-state index is 13.1. The molecule has 0 radical (unpaired) electrons. The van der Waals surface area contributed by atoms with Gasteiger partial charge in [0.25, 0.3) is 5.91 Å². The van der Waals surface area contributed by atoms with Gasteiger partial charge in [0.05, 0.1) is 0 Å². The molecule has 0 bridgehead atoms. The third-order valence-corrected chi connectivity index (χ3v) is 6.26. The fraction of sp³-hybridized carbons (Fsp3) is 0.391. The number of ether oxygens (including phenoxy) is 1. The third kappa shape index (κ3) is 5.82. The Hall–Kier alpha value is -2.34. The molecular weight excluding hydrogens is 432 g/mol. The van der Waals surface area contributed by atoms with Crippen LogP contribution in [0.4, 0.5) is 0 Å². The summed E-state index contributed by atoms with van der Waals surface area (Å²) in [7, 11) is 1.59. The van der Waals surface area contributed by atoms with E-state index in [4.69, 9.17) is 4.74 Å². The number of carbonyl (C=O) groups excluding carboxylic acids is 2. The van der Waals surface area contributed by atoms with E-state index in [9.17, 15) is 9.59 Å². The number of hydrogen-bond donors (Lipinski definition) is 1. The number of hydrogen-bond acceptors (Lipinski definition) is 3. The molecule has 0 aliphatic heterocycles. The second kappa shape index (κ2) is 10.4. The van der Waals surface area contributed by atoms with Gasteiger partial charge in [-0.2, -0.15) is 0 Å². The maximum Gasteiger partial charge on any atom is 0.261 e. The van der Waals surface area contributed by atoms with E-state index in [1.54, 1.807) is 11.9 Å². The Morgan fingerprint density at radius 2 is 1.72 bits per heavy atom. The summed E-state index contributed by atoms with van der Waals surface area (Å²) in [4.78, 5) is 27.1. The van der Waals surface area contributed by atoms with E-state index < -0.39 is 6.04 Å². The van der Waals surface area contributed by atoms with Crippen LogP contribution in [0.3, 0.4) is 0 Å². The zero-order valence-electron chi connectivity index (χ0n) is 17.7. The molecule has 0 aromatic heterocycles. The van der Waals surface area contributed by atoms with E-state index in [0.29, 0.717) is 18.7 Å². The molecule has 2 aromatic carbocycles. The first-order chi connectivity index (χ1) is 13.8. The Balaban J connectivity index is 2.24. The van der Waals surface area contributed by atoms with E-state index in [-0.39, 0.29) is 18.4 Å². The number of benzene rings is 2. The van der Waals surface area contributed by atoms with Crippen LogP contribution in [0.25, 0.3) is 0 Å². The SMILES string of the molecule is CCC(C(=O)NC)N(Cc1ccccc1C)C(=O)COc1cc(C)c(Br)c(C)c1. The molecule has 1 unspecified atom stereocenters. The van der Waals surface area contributed by atoms with Crippen LogP contribution in [0.1, 0.15) is 35.6 Å². The smallest absolute Gasteiger partial charge is 0.261 e. The van der Waals surface area contributed by atoms with Gasteiger partial charge in [0, 0.05) is 18.1 Å². The van der Waals surface area contributed by atoms with Gasteiger partial charge in [0.2, 0.25) is 5.91 Å². The summed E-state index contributed by atoms with van der Waals surface area (Å²) in [6.07, 6.45) is 0.522. The minimum Gasteiger partial charge on any atom is -0.484 e. The van der Waals surface area contributed by atoms with Crippen LogP contribution >= 0.6 is 15.9 Å². The van der Waals surface area contributed by atoms with Gasteiger partial charge in [-0.3, -0.25) is 9.59 Å². The highest BCUT2D eigenvalue weighted by molar-refractivity contribution is 9.10. The average Bonchev–Trinajstić information content (AvgIpc) is 2.70. The number of amides is 2. The van der Waals surface area contributed by atoms with Crippen LogP contribution in [-0.4, -0.2) is 36.4 Å². The summed E-state index contributed by atoms with van der Waals surface area (Å²) in [6, 6.07) is 11.1. The molecule has 0 aliphatic rings. The Labute approximate surface area is 181 Å². The van der Waals surface area contributed by atoms with Crippen molar-refractivity contribution >= 4 is 27.7 Å². The Kier molecular flexibility index (Phi) is 8.26. The average molecular weight is 461 g/mol. The highest BCUT2D eigenvalue weighted by Gasteiger charge is 2.28. The number of rotatable bonds is 8. The van der Waals surface area contributed by atoms with Crippen LogP contribution in [0.5, 0.6) is 5.75 Å². The van der Waals surface area contributed by atoms with Crippen molar-refractivity contribution < 1.29 is 14.3 Å². The Bertz CT molecular complexity index is 859. The molecule has 1 atom stereocenters. The van der Waals surface area contributed by atoms with Crippen molar-refractivity contribution in [1.82, 2.24) is 10.2 Å². The van der Waals surface area contributed by atoms with Gasteiger partial charge in [-0.1, -0.05) is 47.1 Å². The first kappa shape index (κ1) is 22.9. The van der Waals surface area contributed by atoms with E-state index in [0.717, 1.165) is 26.7 Å². The molecule has 0 fully saturated rings. The fourth-order valence-corrected chi connectivity index (χ4v) is 3.50. The normalized spacial score (nSPS) is 11.7. The van der Waals surface area contributed by atoms with Crippen LogP contribution in [0, 0.1) is 20.8 Å². The largest absolute Gasteiger partial charge is 0.484 e. The van der Waals surface area contributed by atoms with Gasteiger partial charge >= 0.3 is 0 Å². The van der Waals surface area contributed by atoms with Crippen molar-refractivity contribution in [3.8, 4) is 5.75 Å². The molecule has 0 saturated heterocycles. The summed E-state index contributed by atoms with van der Waals surface area (Å²) in [5.74, 6) is 0.243. The predicted octanol–water partition coefficient (Wildman–Crippen LogP) is 4.31. The molecule has 156 valence electrons. The molecular formula is C23H29BrN2O3. The number of carbonyl (C=O) groups is 2. The lowest BCUT2D eigenvalue weighted by atomic mass is 10.1. The summed E-state index contributed by atoms with van der Waals surface area (Å²) >= 11 is 3.54. The number of nitrogens with one attached hydrogen (secondary N) is 1. The van der Waals surface area contributed by atoms with E-state index in [1.807, 2.05) is 64.1 Å². The van der Waals surface area contributed by atoms with Crippen molar-refractivity contribution in [2.24, 2.45) is 0 Å². The topological polar surface area (TPSA) is 58.6 Å². The molecule has 6 heteroatoms. The van der Waals surface area contributed by atoms with Crippen molar-refractivity contribution in [2.75, 3.05) is 13.7 Å². The summed E-state index contributed by atoms with van der Waals surface area (Å²) < 4.78 is 6.83. The van der Waals surface area contributed by atoms with Crippen LogP contribution in [0.15, 0.2) is 40.9 Å². The lowest BCUT2D eigenvalue weighted by molar-refractivity contribution is -0.142. The quantitative estimate of drug-likeness (QED) is 0.638. The minimum atomic E-state index is -0.552. The lowest BCUT2D eigenvalue weighted by Gasteiger charge is -2.30. The molecule has 2 amide bonds. The van der Waals surface area contributed by atoms with Crippen molar-refractivity contribution in [3.63, 3.8) is 0 Å². The van der Waals surface area contributed by atoms with Gasteiger partial charge in [0.15, 0.2) is 6.61 Å². The molecule has 29 heavy (non-hydrogen) atoms. The lowest BCUT2D eigenvalue weighted by Crippen LogP contribution is -2.49. The standard InChI is InChI=1S/C23H29BrN2O3/c1-6-20(23(28)25-5)26(13-18-10-8-7-9-15(18)2)21(27)14-29-19-11-16(3)22(24)17(4)12-19/h7-12,20H,6,13-14H2,1-5H3,(H,25,28). The molecule has 2 rings (SSSR count). The zero-order valence-corrected chi connectivity index (χ0v) is 19.3. The Morgan fingerprint density at radius 3 is 2.28 bits per heavy atom. The molecule has 1 N–H and O–H groups in total. The minimum absolute atomic E-state index is 0.125. The predicted molar refractivity (Wildman–Crippen MR) is 119 cm³/mol. The molecule has 0 aliphatic carbocycles. The molecule has 0 heterocycles. The van der Waals surface area contributed by atoms with Crippen molar-refractivity contribution in [1.29, 1.82) is 0 Å². The number of likely N-dealkylation sites (N-methyl/N-ethyl adjacent to an activating group) is 1. The van der Waals surface area contributed by atoms with Crippen LogP contribution in [0.2, 0.25) is 0 Å². The maximum absolute atomic E-state index is 13.1. The van der Waals surface area contributed by atoms with E-state index >= 15 is 0 Å². The second-order valence-electron chi connectivity index (χ2n) is 7.15. The van der Waals surface area contributed by atoms with Gasteiger partial charge < -0.3 is 15.0 Å².